The first-order valence-corrected chi connectivity index (χ1v) is 7.06. The minimum Gasteiger partial charge on any atom is -0.507 e. The first-order chi connectivity index (χ1) is 10.1. The summed E-state index contributed by atoms with van der Waals surface area (Å²) in [6.45, 7) is 1.88. The molecule has 1 aromatic heterocycles. The van der Waals surface area contributed by atoms with Crippen LogP contribution < -0.4 is 10.2 Å². The van der Waals surface area contributed by atoms with Gasteiger partial charge in [-0.05, 0) is 25.1 Å². The Morgan fingerprint density at radius 1 is 1.57 bits per heavy atom. The van der Waals surface area contributed by atoms with Gasteiger partial charge in [0.05, 0.1) is 30.4 Å². The number of aromatic nitrogens is 1. The number of nitrogens with one attached hydrogen (secondary N) is 1. The highest BCUT2D eigenvalue weighted by Gasteiger charge is 2.05. The van der Waals surface area contributed by atoms with Crippen molar-refractivity contribution in [1.82, 2.24) is 10.4 Å². The van der Waals surface area contributed by atoms with Crippen molar-refractivity contribution in [3.05, 3.63) is 39.8 Å². The van der Waals surface area contributed by atoms with Crippen LogP contribution in [0, 0.1) is 6.92 Å². The highest BCUT2D eigenvalue weighted by atomic mass is 32.1. The van der Waals surface area contributed by atoms with E-state index >= 15 is 0 Å². The van der Waals surface area contributed by atoms with Gasteiger partial charge in [-0.25, -0.2) is 10.4 Å². The Bertz CT molecular complexity index is 667. The lowest BCUT2D eigenvalue weighted by Gasteiger charge is -2.03. The quantitative estimate of drug-likeness (QED) is 0.652. The molecule has 7 heteroatoms. The van der Waals surface area contributed by atoms with Crippen molar-refractivity contribution < 1.29 is 14.6 Å². The summed E-state index contributed by atoms with van der Waals surface area (Å²) in [5, 5.41) is 16.2. The lowest BCUT2D eigenvalue weighted by molar-refractivity contribution is -0.120. The monoisotopic (exact) mass is 305 g/mol. The Morgan fingerprint density at radius 3 is 3.05 bits per heavy atom. The van der Waals surface area contributed by atoms with Crippen LogP contribution in [0.1, 0.15) is 16.3 Å². The van der Waals surface area contributed by atoms with Gasteiger partial charge >= 0.3 is 0 Å². The van der Waals surface area contributed by atoms with E-state index in [9.17, 15) is 9.90 Å². The van der Waals surface area contributed by atoms with Crippen LogP contribution in [0.25, 0.3) is 0 Å². The molecule has 21 heavy (non-hydrogen) atoms. The van der Waals surface area contributed by atoms with Crippen molar-refractivity contribution in [2.75, 3.05) is 7.11 Å². The van der Waals surface area contributed by atoms with Crippen LogP contribution in [-0.2, 0) is 11.2 Å². The molecule has 0 aliphatic heterocycles. The Balaban J connectivity index is 1.94. The number of phenolic OH excluding ortho intramolecular Hbond substituents is 1. The van der Waals surface area contributed by atoms with Gasteiger partial charge in [-0.2, -0.15) is 5.10 Å². The van der Waals surface area contributed by atoms with E-state index in [4.69, 9.17) is 4.74 Å². The van der Waals surface area contributed by atoms with Crippen molar-refractivity contribution in [3.63, 3.8) is 0 Å². The van der Waals surface area contributed by atoms with E-state index in [2.05, 4.69) is 15.5 Å². The third-order valence-corrected chi connectivity index (χ3v) is 3.46. The predicted octanol–water partition coefficient (Wildman–Crippen LogP) is 1.86. The number of hydrogen-bond donors (Lipinski definition) is 2. The molecule has 1 aromatic carbocycles. The zero-order valence-corrected chi connectivity index (χ0v) is 12.5. The summed E-state index contributed by atoms with van der Waals surface area (Å²) in [4.78, 5) is 15.9. The largest absolute Gasteiger partial charge is 0.507 e. The van der Waals surface area contributed by atoms with Crippen molar-refractivity contribution in [2.45, 2.75) is 13.3 Å². The number of methoxy groups -OCH3 is 1. The third kappa shape index (κ3) is 4.28. The summed E-state index contributed by atoms with van der Waals surface area (Å²) in [6.07, 6.45) is 1.54. The number of hydrogen-bond acceptors (Lipinski definition) is 6. The zero-order chi connectivity index (χ0) is 15.2. The molecule has 1 amide bonds. The first-order valence-electron chi connectivity index (χ1n) is 6.18. The molecule has 6 nitrogen and oxygen atoms in total. The molecule has 2 aromatic rings. The van der Waals surface area contributed by atoms with Crippen LogP contribution >= 0.6 is 11.3 Å². The second-order valence-corrected chi connectivity index (χ2v) is 5.31. The molecule has 1 heterocycles. The SMILES string of the molecule is COc1ccc(O)c(/C=N/NC(=O)Cc2csc(C)n2)c1. The summed E-state index contributed by atoms with van der Waals surface area (Å²) >= 11 is 1.50. The van der Waals surface area contributed by atoms with Gasteiger partial charge in [-0.3, -0.25) is 4.79 Å². The minimum absolute atomic E-state index is 0.0592. The van der Waals surface area contributed by atoms with E-state index in [-0.39, 0.29) is 18.1 Å². The number of ether oxygens (including phenoxy) is 1. The van der Waals surface area contributed by atoms with Crippen LogP contribution in [-0.4, -0.2) is 29.3 Å². The smallest absolute Gasteiger partial charge is 0.246 e. The lowest BCUT2D eigenvalue weighted by Crippen LogP contribution is -2.19. The van der Waals surface area contributed by atoms with Gasteiger partial charge in [-0.15, -0.1) is 11.3 Å². The second-order valence-electron chi connectivity index (χ2n) is 4.25. The van der Waals surface area contributed by atoms with Crippen LogP contribution in [0.15, 0.2) is 28.7 Å². The molecule has 2 rings (SSSR count). The Kier molecular flexibility index (Phi) is 4.89. The predicted molar refractivity (Wildman–Crippen MR) is 81.0 cm³/mol. The summed E-state index contributed by atoms with van der Waals surface area (Å²) in [6, 6.07) is 4.75. The molecule has 0 fully saturated rings. The fraction of sp³-hybridized carbons (Fsp3) is 0.214. The molecule has 0 aliphatic carbocycles. The van der Waals surface area contributed by atoms with Crippen LogP contribution in [0.5, 0.6) is 11.5 Å². The number of aromatic hydroxyl groups is 1. The summed E-state index contributed by atoms with van der Waals surface area (Å²) in [5.41, 5.74) is 3.57. The molecular formula is C14H15N3O3S. The molecule has 0 spiro atoms. The molecule has 0 bridgehead atoms. The van der Waals surface area contributed by atoms with Gasteiger partial charge in [0.25, 0.3) is 0 Å². The molecule has 0 saturated heterocycles. The van der Waals surface area contributed by atoms with E-state index in [0.29, 0.717) is 11.3 Å². The standard InChI is InChI=1S/C14H15N3O3S/c1-9-16-11(8-21-9)6-14(19)17-15-7-10-5-12(20-2)3-4-13(10)18/h3-5,7-8,18H,6H2,1-2H3,(H,17,19)/b15-7+. The average molecular weight is 305 g/mol. The average Bonchev–Trinajstić information content (AvgIpc) is 2.86. The molecule has 0 radical (unpaired) electrons. The van der Waals surface area contributed by atoms with Gasteiger partial charge in [0, 0.05) is 10.9 Å². The maximum absolute atomic E-state index is 11.7. The fourth-order valence-corrected chi connectivity index (χ4v) is 2.24. The van der Waals surface area contributed by atoms with E-state index in [0.717, 1.165) is 10.7 Å². The Labute approximate surface area is 126 Å². The topological polar surface area (TPSA) is 83.8 Å². The number of phenols is 1. The number of rotatable bonds is 5. The highest BCUT2D eigenvalue weighted by molar-refractivity contribution is 7.09. The number of aryl methyl sites for hydroxylation is 1. The molecule has 110 valence electrons. The van der Waals surface area contributed by atoms with Crippen molar-refractivity contribution in [3.8, 4) is 11.5 Å². The summed E-state index contributed by atoms with van der Waals surface area (Å²) in [7, 11) is 1.53. The van der Waals surface area contributed by atoms with Gasteiger partial charge in [0.2, 0.25) is 5.91 Å². The van der Waals surface area contributed by atoms with E-state index in [1.165, 1.54) is 30.7 Å². The van der Waals surface area contributed by atoms with Crippen molar-refractivity contribution in [2.24, 2.45) is 5.10 Å². The summed E-state index contributed by atoms with van der Waals surface area (Å²) in [5.74, 6) is 0.390. The van der Waals surface area contributed by atoms with E-state index in [1.807, 2.05) is 12.3 Å². The van der Waals surface area contributed by atoms with Gasteiger partial charge in [0.15, 0.2) is 0 Å². The lowest BCUT2D eigenvalue weighted by atomic mass is 10.2. The molecule has 0 saturated carbocycles. The number of carbonyl (C=O) groups is 1. The minimum atomic E-state index is -0.265. The Morgan fingerprint density at radius 2 is 2.38 bits per heavy atom. The van der Waals surface area contributed by atoms with Crippen molar-refractivity contribution in [1.29, 1.82) is 0 Å². The van der Waals surface area contributed by atoms with Gasteiger partial charge in [-0.1, -0.05) is 0 Å². The number of hydrazone groups is 1. The van der Waals surface area contributed by atoms with Crippen LogP contribution in [0.4, 0.5) is 0 Å². The highest BCUT2D eigenvalue weighted by Crippen LogP contribution is 2.20. The molecule has 0 atom stereocenters. The van der Waals surface area contributed by atoms with E-state index in [1.54, 1.807) is 12.1 Å². The number of benzene rings is 1. The normalized spacial score (nSPS) is 10.8. The van der Waals surface area contributed by atoms with Gasteiger partial charge < -0.3 is 9.84 Å². The molecular weight excluding hydrogens is 290 g/mol. The Hall–Kier alpha value is -2.41. The van der Waals surface area contributed by atoms with Crippen molar-refractivity contribution >= 4 is 23.5 Å². The van der Waals surface area contributed by atoms with Crippen LogP contribution in [0.3, 0.4) is 0 Å². The van der Waals surface area contributed by atoms with Gasteiger partial charge in [0.1, 0.15) is 11.5 Å². The fourth-order valence-electron chi connectivity index (χ4n) is 1.63. The summed E-state index contributed by atoms with van der Waals surface area (Å²) < 4.78 is 5.05. The maximum Gasteiger partial charge on any atom is 0.246 e. The molecule has 0 aliphatic rings. The molecule has 2 N–H and O–H groups in total. The van der Waals surface area contributed by atoms with E-state index < -0.39 is 0 Å². The first kappa shape index (κ1) is 15.0. The van der Waals surface area contributed by atoms with Crippen LogP contribution in [0.2, 0.25) is 0 Å². The number of carbonyl (C=O) groups excluding carboxylic acids is 1. The second kappa shape index (κ2) is 6.85. The number of nitrogens with zero attached hydrogens (tertiary/aromatic N) is 2. The molecule has 0 unspecified atom stereocenters. The zero-order valence-electron chi connectivity index (χ0n) is 11.7. The number of amides is 1. The third-order valence-electron chi connectivity index (χ3n) is 2.64. The number of thiazole rings is 1. The maximum atomic E-state index is 11.7.